The van der Waals surface area contributed by atoms with E-state index in [0.717, 1.165) is 17.6 Å². The summed E-state index contributed by atoms with van der Waals surface area (Å²) in [7, 11) is 0. The topological polar surface area (TPSA) is 20.7 Å². The minimum atomic E-state index is -0.199. The monoisotopic (exact) mass is 284 g/mol. The highest BCUT2D eigenvalue weighted by atomic mass is 32.2. The first-order valence-electron chi connectivity index (χ1n) is 5.78. The molecule has 5 heteroatoms. The third-order valence-corrected chi connectivity index (χ3v) is 4.70. The highest BCUT2D eigenvalue weighted by Crippen LogP contribution is 2.26. The number of nitrogens with zero attached hydrogens (tertiary/aromatic N) is 1. The number of H-pyrrole nitrogens is 1. The normalized spacial score (nSPS) is 12.3. The van der Waals surface area contributed by atoms with Crippen LogP contribution in [0.2, 0.25) is 0 Å². The summed E-state index contributed by atoms with van der Waals surface area (Å²) in [6.45, 7) is 6.93. The molecule has 0 radical (unpaired) electrons. The Labute approximate surface area is 116 Å². The van der Waals surface area contributed by atoms with E-state index in [-0.39, 0.29) is 10.6 Å². The minimum absolute atomic E-state index is 0.0929. The highest BCUT2D eigenvalue weighted by Gasteiger charge is 2.19. The third-order valence-electron chi connectivity index (χ3n) is 3.15. The summed E-state index contributed by atoms with van der Waals surface area (Å²) in [6, 6.07) is 3.37. The molecule has 0 aliphatic heterocycles. The maximum absolute atomic E-state index is 13.5. The van der Waals surface area contributed by atoms with E-state index in [1.54, 1.807) is 18.7 Å². The van der Waals surface area contributed by atoms with Gasteiger partial charge in [-0.3, -0.25) is 0 Å². The van der Waals surface area contributed by atoms with Gasteiger partial charge in [-0.15, -0.1) is 0 Å². The number of nitrogens with one attached hydrogen (secondary N) is 1. The van der Waals surface area contributed by atoms with E-state index in [2.05, 4.69) is 25.1 Å². The average molecular weight is 284 g/mol. The van der Waals surface area contributed by atoms with Crippen LogP contribution < -0.4 is 0 Å². The van der Waals surface area contributed by atoms with Crippen LogP contribution in [-0.4, -0.2) is 20.6 Å². The Morgan fingerprint density at radius 3 is 2.72 bits per heavy atom. The van der Waals surface area contributed by atoms with Crippen molar-refractivity contribution in [1.82, 2.24) is 9.55 Å². The Bertz CT molecular complexity index is 640. The fraction of sp³-hybridized carbons (Fsp3) is 0.462. The maximum Gasteiger partial charge on any atom is 0.178 e. The first kappa shape index (κ1) is 13.6. The van der Waals surface area contributed by atoms with Crippen LogP contribution in [0.1, 0.15) is 19.4 Å². The van der Waals surface area contributed by atoms with Gasteiger partial charge < -0.3 is 9.55 Å². The number of imidazole rings is 1. The van der Waals surface area contributed by atoms with Gasteiger partial charge in [-0.2, -0.15) is 11.8 Å². The second-order valence-electron chi connectivity index (χ2n) is 5.10. The van der Waals surface area contributed by atoms with Crippen molar-refractivity contribution in [1.29, 1.82) is 0 Å². The molecule has 1 heterocycles. The van der Waals surface area contributed by atoms with Crippen LogP contribution in [0.5, 0.6) is 0 Å². The van der Waals surface area contributed by atoms with Crippen LogP contribution in [-0.2, 0) is 6.54 Å². The SMILES string of the molecule is CSC(C)(C)Cn1c(=S)[nH]c2cc(F)c(C)cc21. The van der Waals surface area contributed by atoms with E-state index >= 15 is 0 Å². The average Bonchev–Trinajstić information content (AvgIpc) is 2.57. The summed E-state index contributed by atoms with van der Waals surface area (Å²) >= 11 is 7.13. The maximum atomic E-state index is 13.5. The summed E-state index contributed by atoms with van der Waals surface area (Å²) in [6.07, 6.45) is 2.09. The Morgan fingerprint density at radius 2 is 2.11 bits per heavy atom. The lowest BCUT2D eigenvalue weighted by atomic mass is 10.2. The first-order valence-corrected chi connectivity index (χ1v) is 7.41. The zero-order valence-electron chi connectivity index (χ0n) is 11.0. The number of aromatic nitrogens is 2. The van der Waals surface area contributed by atoms with Crippen molar-refractivity contribution >= 4 is 35.0 Å². The van der Waals surface area contributed by atoms with Crippen molar-refractivity contribution in [2.75, 3.05) is 6.26 Å². The Kier molecular flexibility index (Phi) is 3.56. The predicted octanol–water partition coefficient (Wildman–Crippen LogP) is 4.29. The molecule has 1 aromatic heterocycles. The lowest BCUT2D eigenvalue weighted by Gasteiger charge is -2.22. The molecule has 0 atom stereocenters. The lowest BCUT2D eigenvalue weighted by Crippen LogP contribution is -2.22. The van der Waals surface area contributed by atoms with Crippen molar-refractivity contribution in [2.24, 2.45) is 0 Å². The number of hydrogen-bond donors (Lipinski definition) is 1. The van der Waals surface area contributed by atoms with Crippen molar-refractivity contribution in [3.05, 3.63) is 28.3 Å². The first-order chi connectivity index (χ1) is 8.34. The number of aryl methyl sites for hydroxylation is 1. The number of halogens is 1. The molecule has 1 aromatic carbocycles. The van der Waals surface area contributed by atoms with Crippen LogP contribution >= 0.6 is 24.0 Å². The largest absolute Gasteiger partial charge is 0.330 e. The zero-order chi connectivity index (χ0) is 13.5. The molecular formula is C13H17FN2S2. The molecule has 0 spiro atoms. The van der Waals surface area contributed by atoms with Crippen molar-refractivity contribution in [3.8, 4) is 0 Å². The second kappa shape index (κ2) is 4.70. The number of aromatic amines is 1. The number of fused-ring (bicyclic) bond motifs is 1. The molecule has 2 aromatic rings. The molecule has 0 saturated heterocycles. The van der Waals surface area contributed by atoms with Gasteiger partial charge in [-0.1, -0.05) is 0 Å². The van der Waals surface area contributed by atoms with Crippen LogP contribution in [0.15, 0.2) is 12.1 Å². The summed E-state index contributed by atoms with van der Waals surface area (Å²) in [4.78, 5) is 3.07. The van der Waals surface area contributed by atoms with Gasteiger partial charge in [0.25, 0.3) is 0 Å². The quantitative estimate of drug-likeness (QED) is 0.849. The van der Waals surface area contributed by atoms with Gasteiger partial charge in [0.05, 0.1) is 11.0 Å². The summed E-state index contributed by atoms with van der Waals surface area (Å²) in [5.74, 6) is -0.199. The van der Waals surface area contributed by atoms with Crippen LogP contribution in [0.4, 0.5) is 4.39 Å². The van der Waals surface area contributed by atoms with Gasteiger partial charge in [-0.05, 0) is 56.9 Å². The molecule has 2 nitrogen and oxygen atoms in total. The fourth-order valence-electron chi connectivity index (χ4n) is 1.88. The summed E-state index contributed by atoms with van der Waals surface area (Å²) in [5.41, 5.74) is 2.38. The van der Waals surface area contributed by atoms with Gasteiger partial charge in [0.1, 0.15) is 5.82 Å². The molecule has 2 rings (SSSR count). The lowest BCUT2D eigenvalue weighted by molar-refractivity contribution is 0.574. The molecule has 0 saturated carbocycles. The third kappa shape index (κ3) is 2.47. The fourth-order valence-corrected chi connectivity index (χ4v) is 2.42. The van der Waals surface area contributed by atoms with Crippen molar-refractivity contribution in [3.63, 3.8) is 0 Å². The van der Waals surface area contributed by atoms with Gasteiger partial charge in [0.15, 0.2) is 4.77 Å². The Balaban J connectivity index is 2.60. The van der Waals surface area contributed by atoms with Gasteiger partial charge >= 0.3 is 0 Å². The number of rotatable bonds is 3. The van der Waals surface area contributed by atoms with E-state index in [9.17, 15) is 4.39 Å². The second-order valence-corrected chi connectivity index (χ2v) is 7.00. The van der Waals surface area contributed by atoms with Crippen molar-refractivity contribution in [2.45, 2.75) is 32.1 Å². The predicted molar refractivity (Wildman–Crippen MR) is 79.4 cm³/mol. The number of thioether (sulfide) groups is 1. The number of hydrogen-bond acceptors (Lipinski definition) is 2. The summed E-state index contributed by atoms with van der Waals surface area (Å²) in [5, 5.41) is 0. The molecular weight excluding hydrogens is 267 g/mol. The van der Waals surface area contributed by atoms with Gasteiger partial charge in [0.2, 0.25) is 0 Å². The zero-order valence-corrected chi connectivity index (χ0v) is 12.6. The molecule has 0 bridgehead atoms. The smallest absolute Gasteiger partial charge is 0.178 e. The van der Waals surface area contributed by atoms with E-state index in [1.807, 2.05) is 10.6 Å². The molecule has 1 N–H and O–H groups in total. The Morgan fingerprint density at radius 1 is 1.44 bits per heavy atom. The van der Waals surface area contributed by atoms with E-state index < -0.39 is 0 Å². The van der Waals surface area contributed by atoms with Crippen LogP contribution in [0.25, 0.3) is 11.0 Å². The van der Waals surface area contributed by atoms with Crippen molar-refractivity contribution < 1.29 is 4.39 Å². The van der Waals surface area contributed by atoms with E-state index in [0.29, 0.717) is 10.3 Å². The molecule has 0 fully saturated rings. The molecule has 0 unspecified atom stereocenters. The van der Waals surface area contributed by atoms with Gasteiger partial charge in [-0.25, -0.2) is 4.39 Å². The van der Waals surface area contributed by atoms with Crippen LogP contribution in [0, 0.1) is 17.5 Å². The molecule has 98 valence electrons. The van der Waals surface area contributed by atoms with Crippen LogP contribution in [0.3, 0.4) is 0 Å². The Hall–Kier alpha value is -0.810. The molecule has 18 heavy (non-hydrogen) atoms. The molecule has 0 aliphatic rings. The standard InChI is InChI=1S/C13H17FN2S2/c1-8-5-11-10(6-9(8)14)15-12(17)16(11)7-13(2,3)18-4/h5-6H,7H2,1-4H3,(H,15,17). The summed E-state index contributed by atoms with van der Waals surface area (Å²) < 4.78 is 16.3. The highest BCUT2D eigenvalue weighted by molar-refractivity contribution is 7.99. The van der Waals surface area contributed by atoms with E-state index in [4.69, 9.17) is 12.2 Å². The van der Waals surface area contributed by atoms with Gasteiger partial charge in [0, 0.05) is 11.3 Å². The van der Waals surface area contributed by atoms with E-state index in [1.165, 1.54) is 6.07 Å². The number of benzene rings is 1. The minimum Gasteiger partial charge on any atom is -0.330 e. The molecule has 0 amide bonds. The molecule has 0 aliphatic carbocycles.